The maximum atomic E-state index is 14.1. The molecule has 0 unspecified atom stereocenters. The molecule has 0 aliphatic carbocycles. The van der Waals surface area contributed by atoms with E-state index in [1.54, 1.807) is 12.1 Å². The third-order valence-corrected chi connectivity index (χ3v) is 4.99. The van der Waals surface area contributed by atoms with Crippen LogP contribution >= 0.6 is 24.0 Å². The summed E-state index contributed by atoms with van der Waals surface area (Å²) in [5, 5.41) is 15.6. The summed E-state index contributed by atoms with van der Waals surface area (Å²) in [4.78, 5) is 11.3. The molecule has 1 aromatic carbocycles. The molecule has 0 bridgehead atoms. The first-order chi connectivity index (χ1) is 14.1. The highest BCUT2D eigenvalue weighted by Crippen LogP contribution is 2.18. The van der Waals surface area contributed by atoms with E-state index in [1.165, 1.54) is 6.07 Å². The Balaban J connectivity index is 0.00000320. The van der Waals surface area contributed by atoms with Gasteiger partial charge in [0.25, 0.3) is 0 Å². The largest absolute Gasteiger partial charge is 0.357 e. The molecule has 1 saturated heterocycles. The summed E-state index contributed by atoms with van der Waals surface area (Å²) < 4.78 is 14.1. The zero-order valence-corrected chi connectivity index (χ0v) is 19.7. The number of nitrogens with zero attached hydrogens (tertiary/aromatic N) is 4. The van der Waals surface area contributed by atoms with Gasteiger partial charge in [0.15, 0.2) is 5.96 Å². The Morgan fingerprint density at radius 3 is 2.67 bits per heavy atom. The molecule has 0 radical (unpaired) electrons. The molecule has 8 heteroatoms. The Morgan fingerprint density at radius 2 is 2.07 bits per heavy atom. The zero-order chi connectivity index (χ0) is 20.6. The van der Waals surface area contributed by atoms with E-state index in [9.17, 15) is 4.39 Å². The van der Waals surface area contributed by atoms with E-state index < -0.39 is 5.82 Å². The minimum Gasteiger partial charge on any atom is -0.357 e. The third-order valence-electron chi connectivity index (χ3n) is 4.99. The normalized spacial score (nSPS) is 14.6. The molecule has 0 atom stereocenters. The van der Waals surface area contributed by atoms with Gasteiger partial charge in [-0.15, -0.1) is 24.0 Å². The van der Waals surface area contributed by atoms with Crippen LogP contribution in [0.1, 0.15) is 36.5 Å². The molecule has 2 aromatic rings. The van der Waals surface area contributed by atoms with Crippen molar-refractivity contribution < 1.29 is 4.39 Å². The Bertz CT molecular complexity index is 885. The fourth-order valence-electron chi connectivity index (χ4n) is 3.32. The van der Waals surface area contributed by atoms with Crippen LogP contribution in [-0.4, -0.2) is 36.6 Å². The monoisotopic (exact) mass is 522 g/mol. The standard InChI is InChI=1S/C22H27FN6.HI/c1-3-25-22(27-15-18-6-5-17(13-24)12-20(18)23)28-19-8-10-29(11-9-19)21-7-4-16(2)14-26-21;/h4-7,12,14,19H,3,8-11,15H2,1-2H3,(H2,25,27,28);1H. The predicted molar refractivity (Wildman–Crippen MR) is 129 cm³/mol. The van der Waals surface area contributed by atoms with Gasteiger partial charge in [0.1, 0.15) is 11.6 Å². The summed E-state index contributed by atoms with van der Waals surface area (Å²) in [6, 6.07) is 10.9. The van der Waals surface area contributed by atoms with Crippen molar-refractivity contribution in [3.05, 3.63) is 59.0 Å². The molecule has 6 nitrogen and oxygen atoms in total. The third kappa shape index (κ3) is 6.55. The molecule has 3 rings (SSSR count). The quantitative estimate of drug-likeness (QED) is 0.356. The van der Waals surface area contributed by atoms with Crippen LogP contribution in [0.3, 0.4) is 0 Å². The highest BCUT2D eigenvalue weighted by Gasteiger charge is 2.21. The van der Waals surface area contributed by atoms with Crippen LogP contribution in [0.2, 0.25) is 0 Å². The van der Waals surface area contributed by atoms with Gasteiger partial charge in [-0.3, -0.25) is 0 Å². The molecule has 0 amide bonds. The van der Waals surface area contributed by atoms with Gasteiger partial charge in [-0.25, -0.2) is 14.4 Å². The first-order valence-electron chi connectivity index (χ1n) is 10.00. The highest BCUT2D eigenvalue weighted by molar-refractivity contribution is 14.0. The number of halogens is 2. The van der Waals surface area contributed by atoms with E-state index in [0.717, 1.165) is 43.9 Å². The first kappa shape index (κ1) is 23.9. The molecule has 30 heavy (non-hydrogen) atoms. The minimum absolute atomic E-state index is 0. The van der Waals surface area contributed by atoms with Gasteiger partial charge >= 0.3 is 0 Å². The molecular weight excluding hydrogens is 494 g/mol. The van der Waals surface area contributed by atoms with Crippen molar-refractivity contribution in [1.82, 2.24) is 15.6 Å². The van der Waals surface area contributed by atoms with Crippen molar-refractivity contribution >= 4 is 35.8 Å². The summed E-state index contributed by atoms with van der Waals surface area (Å²) in [5.41, 5.74) is 1.95. The predicted octanol–water partition coefficient (Wildman–Crippen LogP) is 3.74. The molecule has 1 aromatic heterocycles. The van der Waals surface area contributed by atoms with Crippen LogP contribution in [0, 0.1) is 24.1 Å². The molecule has 1 aliphatic rings. The summed E-state index contributed by atoms with van der Waals surface area (Å²) >= 11 is 0. The lowest BCUT2D eigenvalue weighted by Crippen LogP contribution is -2.48. The van der Waals surface area contributed by atoms with Crippen LogP contribution in [0.15, 0.2) is 41.5 Å². The zero-order valence-electron chi connectivity index (χ0n) is 17.4. The highest BCUT2D eigenvalue weighted by atomic mass is 127. The number of nitrogens with one attached hydrogen (secondary N) is 2. The number of aryl methyl sites for hydroxylation is 1. The van der Waals surface area contributed by atoms with E-state index >= 15 is 0 Å². The lowest BCUT2D eigenvalue weighted by molar-refractivity contribution is 0.459. The average molecular weight is 522 g/mol. The number of benzene rings is 1. The van der Waals surface area contributed by atoms with Crippen molar-refractivity contribution in [1.29, 1.82) is 5.26 Å². The second kappa shape index (κ2) is 11.7. The molecule has 1 fully saturated rings. The minimum atomic E-state index is -0.400. The fraction of sp³-hybridized carbons (Fsp3) is 0.409. The van der Waals surface area contributed by atoms with Gasteiger partial charge in [-0.05, 0) is 50.5 Å². The number of nitriles is 1. The van der Waals surface area contributed by atoms with Gasteiger partial charge < -0.3 is 15.5 Å². The summed E-state index contributed by atoms with van der Waals surface area (Å²) in [6.07, 6.45) is 3.86. The van der Waals surface area contributed by atoms with Crippen LogP contribution in [0.25, 0.3) is 0 Å². The molecule has 1 aliphatic heterocycles. The van der Waals surface area contributed by atoms with Gasteiger partial charge in [-0.2, -0.15) is 5.26 Å². The number of guanidine groups is 1. The number of piperidine rings is 1. The van der Waals surface area contributed by atoms with E-state index in [1.807, 2.05) is 26.1 Å². The molecule has 2 N–H and O–H groups in total. The number of anilines is 1. The van der Waals surface area contributed by atoms with Crippen molar-refractivity contribution in [3.63, 3.8) is 0 Å². The van der Waals surface area contributed by atoms with Gasteiger partial charge in [0.2, 0.25) is 0 Å². The lowest BCUT2D eigenvalue weighted by Gasteiger charge is -2.33. The Hall–Kier alpha value is -2.41. The van der Waals surface area contributed by atoms with Crippen molar-refractivity contribution in [2.75, 3.05) is 24.5 Å². The number of aromatic nitrogens is 1. The molecular formula is C22H28FIN6. The second-order valence-electron chi connectivity index (χ2n) is 7.21. The number of hydrogen-bond acceptors (Lipinski definition) is 4. The fourth-order valence-corrected chi connectivity index (χ4v) is 3.32. The van der Waals surface area contributed by atoms with Crippen molar-refractivity contribution in [2.45, 2.75) is 39.3 Å². The molecule has 0 saturated carbocycles. The second-order valence-corrected chi connectivity index (χ2v) is 7.21. The first-order valence-corrected chi connectivity index (χ1v) is 10.00. The van der Waals surface area contributed by atoms with Crippen LogP contribution in [0.5, 0.6) is 0 Å². The van der Waals surface area contributed by atoms with Gasteiger partial charge in [0.05, 0.1) is 18.2 Å². The van der Waals surface area contributed by atoms with Crippen LogP contribution in [-0.2, 0) is 6.54 Å². The summed E-state index contributed by atoms with van der Waals surface area (Å²) in [5.74, 6) is 1.30. The smallest absolute Gasteiger partial charge is 0.191 e. The summed E-state index contributed by atoms with van der Waals surface area (Å²) in [6.45, 7) is 6.85. The Morgan fingerprint density at radius 1 is 1.30 bits per heavy atom. The van der Waals surface area contributed by atoms with Crippen molar-refractivity contribution in [2.24, 2.45) is 4.99 Å². The topological polar surface area (TPSA) is 76.3 Å². The maximum Gasteiger partial charge on any atom is 0.191 e. The van der Waals surface area contributed by atoms with E-state index in [4.69, 9.17) is 5.26 Å². The van der Waals surface area contributed by atoms with Gasteiger partial charge in [-0.1, -0.05) is 12.1 Å². The van der Waals surface area contributed by atoms with E-state index in [0.29, 0.717) is 23.1 Å². The number of aliphatic imine (C=N–C) groups is 1. The molecule has 2 heterocycles. The van der Waals surface area contributed by atoms with E-state index in [2.05, 4.69) is 37.6 Å². The lowest BCUT2D eigenvalue weighted by atomic mass is 10.1. The SMILES string of the molecule is CCNC(=NCc1ccc(C#N)cc1F)NC1CCN(c2ccc(C)cn2)CC1.I. The number of rotatable bonds is 5. The average Bonchev–Trinajstić information content (AvgIpc) is 2.74. The van der Waals surface area contributed by atoms with Crippen LogP contribution < -0.4 is 15.5 Å². The maximum absolute atomic E-state index is 14.1. The molecule has 0 spiro atoms. The Kier molecular flexibility index (Phi) is 9.30. The summed E-state index contributed by atoms with van der Waals surface area (Å²) in [7, 11) is 0. The molecule has 160 valence electrons. The van der Waals surface area contributed by atoms with E-state index in [-0.39, 0.29) is 30.5 Å². The van der Waals surface area contributed by atoms with Crippen molar-refractivity contribution in [3.8, 4) is 6.07 Å². The number of pyridine rings is 1. The Labute approximate surface area is 194 Å². The van der Waals surface area contributed by atoms with Gasteiger partial charge in [0, 0.05) is 37.4 Å². The van der Waals surface area contributed by atoms with Crippen LogP contribution in [0.4, 0.5) is 10.2 Å². The number of hydrogen-bond donors (Lipinski definition) is 2.